The molecule has 2 heterocycles. The lowest BCUT2D eigenvalue weighted by molar-refractivity contribution is 0.486. The van der Waals surface area contributed by atoms with Crippen molar-refractivity contribution in [1.29, 1.82) is 0 Å². The number of nitrogens with one attached hydrogen (secondary N) is 1. The average Bonchev–Trinajstić information content (AvgIpc) is 3.00. The molecule has 1 N–H and O–H groups in total. The van der Waals surface area contributed by atoms with E-state index in [4.69, 9.17) is 0 Å². The van der Waals surface area contributed by atoms with Gasteiger partial charge < -0.3 is 0 Å². The molecule has 3 rings (SSSR count). The van der Waals surface area contributed by atoms with Crippen LogP contribution in [-0.2, 0) is 9.84 Å². The van der Waals surface area contributed by atoms with Crippen LogP contribution in [0.3, 0.4) is 0 Å². The standard InChI is InChI=1S/C17H22N4O2S/c1-12-5-4-6-15(9-12)19-18-10-17-13(2)20-21(14(17)3)16-7-8-24(22,23)11-16/h4-6,9-10,16,19H,7-8,11H2,1-3H3/b18-10-/t16-/m1/s1. The van der Waals surface area contributed by atoms with Crippen molar-refractivity contribution >= 4 is 21.7 Å². The van der Waals surface area contributed by atoms with Crippen molar-refractivity contribution in [2.75, 3.05) is 16.9 Å². The summed E-state index contributed by atoms with van der Waals surface area (Å²) in [5, 5.41) is 8.83. The van der Waals surface area contributed by atoms with Crippen molar-refractivity contribution < 1.29 is 8.42 Å². The minimum Gasteiger partial charge on any atom is -0.278 e. The molecule has 1 aromatic carbocycles. The van der Waals surface area contributed by atoms with E-state index in [9.17, 15) is 8.42 Å². The van der Waals surface area contributed by atoms with Crippen molar-refractivity contribution in [3.05, 3.63) is 46.8 Å². The Morgan fingerprint density at radius 2 is 2.12 bits per heavy atom. The lowest BCUT2D eigenvalue weighted by Crippen LogP contribution is -2.14. The van der Waals surface area contributed by atoms with Gasteiger partial charge in [0, 0.05) is 11.3 Å². The summed E-state index contributed by atoms with van der Waals surface area (Å²) in [6.07, 6.45) is 2.38. The highest BCUT2D eigenvalue weighted by Crippen LogP contribution is 2.26. The number of hydrogen-bond acceptors (Lipinski definition) is 5. The SMILES string of the molecule is Cc1cccc(N/N=C\c2c(C)nn([C@@H]3CCS(=O)(=O)C3)c2C)c1. The quantitative estimate of drug-likeness (QED) is 0.682. The van der Waals surface area contributed by atoms with Crippen molar-refractivity contribution in [3.63, 3.8) is 0 Å². The maximum atomic E-state index is 11.7. The van der Waals surface area contributed by atoms with Gasteiger partial charge in [0.1, 0.15) is 0 Å². The molecular formula is C17H22N4O2S. The highest BCUT2D eigenvalue weighted by Gasteiger charge is 2.31. The minimum absolute atomic E-state index is 0.0689. The van der Waals surface area contributed by atoms with E-state index in [1.165, 1.54) is 0 Å². The summed E-state index contributed by atoms with van der Waals surface area (Å²) >= 11 is 0. The summed E-state index contributed by atoms with van der Waals surface area (Å²) in [6, 6.07) is 7.91. The van der Waals surface area contributed by atoms with Crippen LogP contribution in [0.5, 0.6) is 0 Å². The van der Waals surface area contributed by atoms with Gasteiger partial charge in [-0.05, 0) is 44.9 Å². The van der Waals surface area contributed by atoms with Gasteiger partial charge in [-0.1, -0.05) is 12.1 Å². The number of benzene rings is 1. The van der Waals surface area contributed by atoms with E-state index in [1.807, 2.05) is 49.7 Å². The van der Waals surface area contributed by atoms with Crippen LogP contribution in [0.15, 0.2) is 29.4 Å². The van der Waals surface area contributed by atoms with Gasteiger partial charge in [-0.3, -0.25) is 10.1 Å². The Hall–Kier alpha value is -2.15. The first-order chi connectivity index (χ1) is 11.4. The molecule has 1 atom stereocenters. The molecule has 1 aliphatic heterocycles. The second-order valence-electron chi connectivity index (χ2n) is 6.33. The van der Waals surface area contributed by atoms with E-state index in [-0.39, 0.29) is 17.5 Å². The summed E-state index contributed by atoms with van der Waals surface area (Å²) in [6.45, 7) is 5.91. The Bertz CT molecular complexity index is 884. The second kappa shape index (κ2) is 6.39. The number of aromatic nitrogens is 2. The first-order valence-corrected chi connectivity index (χ1v) is 9.80. The molecule has 1 aliphatic rings. The third-order valence-electron chi connectivity index (χ3n) is 4.34. The Kier molecular flexibility index (Phi) is 4.45. The monoisotopic (exact) mass is 346 g/mol. The predicted molar refractivity (Wildman–Crippen MR) is 96.4 cm³/mol. The molecule has 1 aromatic heterocycles. The number of sulfone groups is 1. The van der Waals surface area contributed by atoms with Gasteiger partial charge in [0.25, 0.3) is 0 Å². The van der Waals surface area contributed by atoms with E-state index >= 15 is 0 Å². The Balaban J connectivity index is 1.78. The number of rotatable bonds is 4. The van der Waals surface area contributed by atoms with Crippen molar-refractivity contribution in [2.24, 2.45) is 5.10 Å². The number of nitrogens with zero attached hydrogens (tertiary/aromatic N) is 3. The van der Waals surface area contributed by atoms with Crippen LogP contribution < -0.4 is 5.43 Å². The number of hydrogen-bond donors (Lipinski definition) is 1. The minimum atomic E-state index is -2.93. The van der Waals surface area contributed by atoms with Gasteiger partial charge in [-0.25, -0.2) is 8.42 Å². The fourth-order valence-corrected chi connectivity index (χ4v) is 4.76. The normalized spacial score (nSPS) is 19.9. The fraction of sp³-hybridized carbons (Fsp3) is 0.412. The second-order valence-corrected chi connectivity index (χ2v) is 8.55. The number of hydrazone groups is 1. The molecule has 0 bridgehead atoms. The van der Waals surface area contributed by atoms with Crippen LogP contribution >= 0.6 is 0 Å². The van der Waals surface area contributed by atoms with Gasteiger partial charge in [0.15, 0.2) is 9.84 Å². The zero-order chi connectivity index (χ0) is 17.3. The van der Waals surface area contributed by atoms with Gasteiger partial charge in [-0.15, -0.1) is 0 Å². The van der Waals surface area contributed by atoms with Gasteiger partial charge in [-0.2, -0.15) is 10.2 Å². The van der Waals surface area contributed by atoms with Gasteiger partial charge >= 0.3 is 0 Å². The molecule has 1 saturated heterocycles. The largest absolute Gasteiger partial charge is 0.278 e. The lowest BCUT2D eigenvalue weighted by atomic mass is 10.2. The van der Waals surface area contributed by atoms with Crippen molar-refractivity contribution in [3.8, 4) is 0 Å². The number of anilines is 1. The van der Waals surface area contributed by atoms with Crippen LogP contribution in [0.2, 0.25) is 0 Å². The zero-order valence-electron chi connectivity index (χ0n) is 14.2. The average molecular weight is 346 g/mol. The van der Waals surface area contributed by atoms with E-state index in [0.717, 1.165) is 28.2 Å². The summed E-state index contributed by atoms with van der Waals surface area (Å²) in [4.78, 5) is 0. The molecule has 6 nitrogen and oxygen atoms in total. The number of aryl methyl sites for hydroxylation is 2. The van der Waals surface area contributed by atoms with Crippen molar-refractivity contribution in [1.82, 2.24) is 9.78 Å². The highest BCUT2D eigenvalue weighted by atomic mass is 32.2. The van der Waals surface area contributed by atoms with E-state index in [2.05, 4.69) is 15.6 Å². The van der Waals surface area contributed by atoms with E-state index < -0.39 is 9.84 Å². The molecule has 0 aliphatic carbocycles. The summed E-state index contributed by atoms with van der Waals surface area (Å²) < 4.78 is 25.2. The maximum absolute atomic E-state index is 11.7. The lowest BCUT2D eigenvalue weighted by Gasteiger charge is -2.10. The Morgan fingerprint density at radius 3 is 2.79 bits per heavy atom. The van der Waals surface area contributed by atoms with Crippen LogP contribution in [0.25, 0.3) is 0 Å². The third kappa shape index (κ3) is 3.51. The van der Waals surface area contributed by atoms with Gasteiger partial charge in [0.2, 0.25) is 0 Å². The summed E-state index contributed by atoms with van der Waals surface area (Å²) in [7, 11) is -2.93. The van der Waals surface area contributed by atoms with Crippen LogP contribution in [-0.4, -0.2) is 35.9 Å². The predicted octanol–water partition coefficient (Wildman–Crippen LogP) is 2.61. The highest BCUT2D eigenvalue weighted by molar-refractivity contribution is 7.91. The molecule has 0 unspecified atom stereocenters. The summed E-state index contributed by atoms with van der Waals surface area (Å²) in [5.41, 5.74) is 7.84. The molecule has 0 spiro atoms. The molecule has 0 radical (unpaired) electrons. The van der Waals surface area contributed by atoms with E-state index in [1.54, 1.807) is 6.21 Å². The molecule has 0 saturated carbocycles. The molecule has 7 heteroatoms. The Morgan fingerprint density at radius 1 is 1.33 bits per heavy atom. The van der Waals surface area contributed by atoms with E-state index in [0.29, 0.717) is 6.42 Å². The molecule has 1 fully saturated rings. The van der Waals surface area contributed by atoms with Gasteiger partial charge in [0.05, 0.1) is 35.1 Å². The molecule has 24 heavy (non-hydrogen) atoms. The summed E-state index contributed by atoms with van der Waals surface area (Å²) in [5.74, 6) is 0.418. The Labute approximate surface area is 142 Å². The first-order valence-electron chi connectivity index (χ1n) is 7.97. The fourth-order valence-electron chi connectivity index (χ4n) is 3.07. The molecule has 2 aromatic rings. The zero-order valence-corrected chi connectivity index (χ0v) is 15.0. The van der Waals surface area contributed by atoms with Crippen LogP contribution in [0.4, 0.5) is 5.69 Å². The molecular weight excluding hydrogens is 324 g/mol. The van der Waals surface area contributed by atoms with Crippen molar-refractivity contribution in [2.45, 2.75) is 33.2 Å². The first kappa shape index (κ1) is 16.7. The third-order valence-corrected chi connectivity index (χ3v) is 6.09. The molecule has 128 valence electrons. The van der Waals surface area contributed by atoms with Crippen LogP contribution in [0.1, 0.15) is 35.0 Å². The van der Waals surface area contributed by atoms with Crippen LogP contribution in [0, 0.1) is 20.8 Å². The smallest absolute Gasteiger partial charge is 0.152 e. The maximum Gasteiger partial charge on any atom is 0.152 e. The topological polar surface area (TPSA) is 76.3 Å². The molecule has 0 amide bonds.